The molecule has 1 aliphatic heterocycles. The third kappa shape index (κ3) is 8.49. The molecule has 1 heterocycles. The highest BCUT2D eigenvalue weighted by Gasteiger charge is 2.46. The van der Waals surface area contributed by atoms with Crippen molar-refractivity contribution >= 4 is 23.0 Å². The number of rotatable bonds is 14. The molecule has 17 heteroatoms. The first kappa shape index (κ1) is 32.0. The quantitative estimate of drug-likeness (QED) is 0.0493. The van der Waals surface area contributed by atoms with Gasteiger partial charge in [0.15, 0.2) is 17.3 Å². The maximum Gasteiger partial charge on any atom is 0.259 e. The van der Waals surface area contributed by atoms with Crippen LogP contribution in [0.4, 0.5) is 0 Å². The van der Waals surface area contributed by atoms with E-state index in [9.17, 15) is 51.1 Å². The molecular weight excluding hydrogens is 599 g/mol. The summed E-state index contributed by atoms with van der Waals surface area (Å²) in [4.78, 5) is 0. The van der Waals surface area contributed by atoms with Crippen LogP contribution in [0.2, 0.25) is 0 Å². The molecule has 0 amide bonds. The largest absolute Gasteiger partial charge is 0.506 e. The Morgan fingerprint density at radius 1 is 0.771 bits per heavy atom. The summed E-state index contributed by atoms with van der Waals surface area (Å²) in [5, 5.41) is 118. The van der Waals surface area contributed by atoms with Gasteiger partial charge in [-0.1, -0.05) is 0 Å². The zero-order valence-electron chi connectivity index (χ0n) is 18.1. The maximum atomic E-state index is 10.5. The predicted octanol–water partition coefficient (Wildman–Crippen LogP) is -4.15. The number of aliphatic hydroxyl groups is 12. The fraction of sp³-hybridized carbons (Fsp3) is 0.778. The van der Waals surface area contributed by atoms with Crippen molar-refractivity contribution in [1.82, 2.24) is 0 Å². The van der Waals surface area contributed by atoms with Crippen LogP contribution in [0.25, 0.3) is 0 Å². The lowest BCUT2D eigenvalue weighted by Gasteiger charge is -2.40. The van der Waals surface area contributed by atoms with E-state index in [4.69, 9.17) is 24.4 Å². The predicted molar refractivity (Wildman–Crippen MR) is 118 cm³/mol. The summed E-state index contributed by atoms with van der Waals surface area (Å²) in [6.07, 6.45) is -18.4. The molecule has 0 aromatic heterocycles. The van der Waals surface area contributed by atoms with Crippen LogP contribution >= 0.6 is 23.0 Å². The van der Waals surface area contributed by atoms with Gasteiger partial charge < -0.3 is 75.5 Å². The molecule has 1 fully saturated rings. The van der Waals surface area contributed by atoms with E-state index in [1.54, 1.807) is 0 Å². The molecule has 0 saturated carbocycles. The van der Waals surface area contributed by atoms with Gasteiger partial charge in [-0.05, 0) is 0 Å². The average Bonchev–Trinajstić information content (AvgIpc) is 2.84. The summed E-state index contributed by atoms with van der Waals surface area (Å²) in [7, 11) is 0. The van der Waals surface area contributed by atoms with Crippen molar-refractivity contribution in [2.45, 2.75) is 68.3 Å². The molecule has 1 aliphatic rings. The van der Waals surface area contributed by atoms with Crippen LogP contribution < -0.4 is 0 Å². The van der Waals surface area contributed by atoms with Crippen LogP contribution in [0.1, 0.15) is 12.8 Å². The minimum Gasteiger partial charge on any atom is -0.506 e. The first-order chi connectivity index (χ1) is 16.4. The topological polar surface area (TPSA) is 280 Å². The van der Waals surface area contributed by atoms with Gasteiger partial charge in [0.05, 0.1) is 6.61 Å². The summed E-state index contributed by atoms with van der Waals surface area (Å²) in [5.74, 6) is -4.39. The molecule has 9 unspecified atom stereocenters. The molecule has 12 N–H and O–H groups in total. The highest BCUT2D eigenvalue weighted by atomic mass is 127. The van der Waals surface area contributed by atoms with Gasteiger partial charge in [0.25, 0.3) is 6.29 Å². The standard InChI is InChI=1S/C18H31IO16/c19-35-17(31)15(10(26)7(24)2-4-21)33-16(30)14(9(25)6(23)1-3-20)34-18-13(29)12(28)11(27)8(5-22)32-18/h6-8,11-13,16-18,20-31H,1-5H2/b14-9-,15-10-. The summed E-state index contributed by atoms with van der Waals surface area (Å²) in [5.41, 5.74) is 0. The Balaban J connectivity index is 3.38. The van der Waals surface area contributed by atoms with Gasteiger partial charge in [-0.25, -0.2) is 0 Å². The summed E-state index contributed by atoms with van der Waals surface area (Å²) < 4.78 is 19.8. The van der Waals surface area contributed by atoms with E-state index in [1.807, 2.05) is 0 Å². The lowest BCUT2D eigenvalue weighted by molar-refractivity contribution is -0.299. The second-order valence-corrected chi connectivity index (χ2v) is 7.79. The van der Waals surface area contributed by atoms with Crippen LogP contribution in [0.15, 0.2) is 23.0 Å². The third-order valence-electron chi connectivity index (χ3n) is 4.80. The molecule has 0 bridgehead atoms. The Hall–Kier alpha value is -1.07. The average molecular weight is 630 g/mol. The maximum absolute atomic E-state index is 10.5. The SMILES string of the molecule is OCCC(O)/C(O)=C(/OC(O)/C(OC1OC(CO)C(O)C(O)C1O)=C(/O)C(O)CCO)C(O)OI. The molecule has 206 valence electrons. The number of hydrogen-bond donors (Lipinski definition) is 12. The fourth-order valence-corrected chi connectivity index (χ4v) is 3.07. The van der Waals surface area contributed by atoms with Crippen molar-refractivity contribution in [3.8, 4) is 0 Å². The zero-order chi connectivity index (χ0) is 26.9. The van der Waals surface area contributed by atoms with Gasteiger partial charge in [-0.15, -0.1) is 0 Å². The van der Waals surface area contributed by atoms with Gasteiger partial charge in [0.2, 0.25) is 18.3 Å². The van der Waals surface area contributed by atoms with Crippen molar-refractivity contribution < 1.29 is 78.6 Å². The van der Waals surface area contributed by atoms with Crippen molar-refractivity contribution in [3.63, 3.8) is 0 Å². The highest BCUT2D eigenvalue weighted by molar-refractivity contribution is 14.1. The van der Waals surface area contributed by atoms with Gasteiger partial charge in [0, 0.05) is 26.1 Å². The summed E-state index contributed by atoms with van der Waals surface area (Å²) in [6, 6.07) is 0. The Morgan fingerprint density at radius 2 is 1.29 bits per heavy atom. The molecule has 0 aromatic carbocycles. The van der Waals surface area contributed by atoms with Crippen LogP contribution in [-0.4, -0.2) is 137 Å². The van der Waals surface area contributed by atoms with Crippen molar-refractivity contribution in [2.24, 2.45) is 0 Å². The highest BCUT2D eigenvalue weighted by Crippen LogP contribution is 2.28. The normalized spacial score (nSPS) is 30.0. The summed E-state index contributed by atoms with van der Waals surface area (Å²) in [6.45, 7) is -2.08. The monoisotopic (exact) mass is 630 g/mol. The van der Waals surface area contributed by atoms with Crippen LogP contribution in [0.5, 0.6) is 0 Å². The lowest BCUT2D eigenvalue weighted by Crippen LogP contribution is -2.59. The molecule has 0 aliphatic carbocycles. The van der Waals surface area contributed by atoms with E-state index in [-0.39, 0.29) is 0 Å². The Labute approximate surface area is 212 Å². The van der Waals surface area contributed by atoms with Crippen molar-refractivity contribution in [3.05, 3.63) is 23.0 Å². The van der Waals surface area contributed by atoms with Crippen LogP contribution in [-0.2, 0) is 17.3 Å². The Morgan fingerprint density at radius 3 is 1.74 bits per heavy atom. The smallest absolute Gasteiger partial charge is 0.259 e. The van der Waals surface area contributed by atoms with Gasteiger partial charge in [-0.3, -0.25) is 3.07 Å². The number of halogens is 1. The van der Waals surface area contributed by atoms with E-state index in [1.165, 1.54) is 23.0 Å². The molecule has 35 heavy (non-hydrogen) atoms. The van der Waals surface area contributed by atoms with E-state index in [0.29, 0.717) is 0 Å². The first-order valence-electron chi connectivity index (χ1n) is 10.2. The summed E-state index contributed by atoms with van der Waals surface area (Å²) >= 11 is 1.19. The van der Waals surface area contributed by atoms with E-state index < -0.39 is 111 Å². The van der Waals surface area contributed by atoms with E-state index in [2.05, 4.69) is 3.07 Å². The third-order valence-corrected chi connectivity index (χ3v) is 5.29. The second-order valence-electron chi connectivity index (χ2n) is 7.28. The molecular formula is C18H31IO16. The Kier molecular flexibility index (Phi) is 13.9. The van der Waals surface area contributed by atoms with Crippen LogP contribution in [0, 0.1) is 0 Å². The second kappa shape index (κ2) is 15.2. The van der Waals surface area contributed by atoms with Crippen LogP contribution in [0.3, 0.4) is 0 Å². The van der Waals surface area contributed by atoms with Crippen molar-refractivity contribution in [1.29, 1.82) is 0 Å². The van der Waals surface area contributed by atoms with Crippen molar-refractivity contribution in [2.75, 3.05) is 19.8 Å². The zero-order valence-corrected chi connectivity index (χ0v) is 20.3. The van der Waals surface area contributed by atoms with Gasteiger partial charge in [0.1, 0.15) is 59.6 Å². The van der Waals surface area contributed by atoms with E-state index in [0.717, 1.165) is 0 Å². The molecule has 0 radical (unpaired) electrons. The minimum absolute atomic E-state index is 0.423. The first-order valence-corrected chi connectivity index (χ1v) is 11.0. The molecule has 0 spiro atoms. The number of hydrogen-bond acceptors (Lipinski definition) is 16. The Bertz CT molecular complexity index is 702. The molecule has 16 nitrogen and oxygen atoms in total. The number of ether oxygens (including phenoxy) is 3. The molecule has 9 atom stereocenters. The molecule has 1 rings (SSSR count). The molecule has 0 aromatic rings. The fourth-order valence-electron chi connectivity index (χ4n) is 2.84. The van der Waals surface area contributed by atoms with Gasteiger partial charge >= 0.3 is 0 Å². The van der Waals surface area contributed by atoms with E-state index >= 15 is 0 Å². The number of aliphatic hydroxyl groups excluding tert-OH is 12. The van der Waals surface area contributed by atoms with Gasteiger partial charge in [-0.2, -0.15) is 0 Å². The minimum atomic E-state index is -2.53. The lowest BCUT2D eigenvalue weighted by atomic mass is 9.99. The molecule has 1 saturated heterocycles.